The molecule has 2 amide bonds. The first-order valence-electron chi connectivity index (χ1n) is 4.35. The molecule has 0 atom stereocenters. The third kappa shape index (κ3) is 2.11. The smallest absolute Gasteiger partial charge is 0.405 e. The van der Waals surface area contributed by atoms with Crippen molar-refractivity contribution in [1.29, 1.82) is 0 Å². The summed E-state index contributed by atoms with van der Waals surface area (Å²) in [5, 5.41) is 0. The molecule has 0 bridgehead atoms. The normalized spacial score (nSPS) is 20.6. The van der Waals surface area contributed by atoms with Crippen molar-refractivity contribution in [2.24, 2.45) is 11.5 Å². The quantitative estimate of drug-likeness (QED) is 0.647. The van der Waals surface area contributed by atoms with E-state index in [4.69, 9.17) is 16.2 Å². The highest BCUT2D eigenvalue weighted by Crippen LogP contribution is 2.31. The fraction of sp³-hybridized carbons (Fsp3) is 0.750. The van der Waals surface area contributed by atoms with E-state index in [1.165, 1.54) is 0 Å². The Morgan fingerprint density at radius 3 is 2.00 bits per heavy atom. The lowest BCUT2D eigenvalue weighted by Crippen LogP contribution is -2.49. The van der Waals surface area contributed by atoms with Crippen LogP contribution in [0.2, 0.25) is 0 Å². The number of hydrogen-bond donors (Lipinski definition) is 2. The topological polar surface area (TPSA) is 95.4 Å². The molecule has 1 rings (SSSR count). The second-order valence-electron chi connectivity index (χ2n) is 3.34. The zero-order valence-corrected chi connectivity index (χ0v) is 7.41. The van der Waals surface area contributed by atoms with Crippen molar-refractivity contribution in [3.63, 3.8) is 0 Å². The maximum Gasteiger partial charge on any atom is 0.405 e. The molecule has 0 radical (unpaired) electrons. The third-order valence-electron chi connectivity index (χ3n) is 2.41. The molecule has 5 nitrogen and oxygen atoms in total. The molecule has 5 heteroatoms. The summed E-state index contributed by atoms with van der Waals surface area (Å²) in [6.45, 7) is 0. The van der Waals surface area contributed by atoms with Gasteiger partial charge in [-0.05, 0) is 25.7 Å². The van der Waals surface area contributed by atoms with Crippen LogP contribution in [0.3, 0.4) is 0 Å². The molecule has 0 aliphatic heterocycles. The van der Waals surface area contributed by atoms with Crippen LogP contribution < -0.4 is 11.5 Å². The summed E-state index contributed by atoms with van der Waals surface area (Å²) >= 11 is 0. The van der Waals surface area contributed by atoms with Gasteiger partial charge in [0, 0.05) is 0 Å². The number of primary amides is 2. The second-order valence-corrected chi connectivity index (χ2v) is 3.34. The number of carbonyl (C=O) groups excluding carboxylic acids is 2. The van der Waals surface area contributed by atoms with E-state index in [-0.39, 0.29) is 0 Å². The van der Waals surface area contributed by atoms with E-state index in [0.717, 1.165) is 19.3 Å². The standard InChI is InChI=1S/C8H14N2O3/c9-6(11)8(13-7(10)12)4-2-1-3-5-8/h1-5H2,(H2,9,11)(H2,10,12). The van der Waals surface area contributed by atoms with Gasteiger partial charge in [-0.3, -0.25) is 4.79 Å². The van der Waals surface area contributed by atoms with Crippen LogP contribution in [-0.4, -0.2) is 17.6 Å². The van der Waals surface area contributed by atoms with E-state index in [2.05, 4.69) is 0 Å². The van der Waals surface area contributed by atoms with Crippen LogP contribution in [-0.2, 0) is 9.53 Å². The lowest BCUT2D eigenvalue weighted by molar-refractivity contribution is -0.139. The van der Waals surface area contributed by atoms with Gasteiger partial charge in [-0.1, -0.05) is 6.42 Å². The van der Waals surface area contributed by atoms with Gasteiger partial charge in [0.25, 0.3) is 5.91 Å². The van der Waals surface area contributed by atoms with Crippen molar-refractivity contribution in [1.82, 2.24) is 0 Å². The van der Waals surface area contributed by atoms with E-state index in [0.29, 0.717) is 12.8 Å². The fourth-order valence-electron chi connectivity index (χ4n) is 1.71. The molecule has 0 heterocycles. The van der Waals surface area contributed by atoms with E-state index in [9.17, 15) is 9.59 Å². The van der Waals surface area contributed by atoms with Gasteiger partial charge in [0.1, 0.15) is 0 Å². The van der Waals surface area contributed by atoms with Crippen LogP contribution in [0.1, 0.15) is 32.1 Å². The molecule has 4 N–H and O–H groups in total. The van der Waals surface area contributed by atoms with Crippen LogP contribution in [0, 0.1) is 0 Å². The van der Waals surface area contributed by atoms with Crippen LogP contribution in [0.15, 0.2) is 0 Å². The first kappa shape index (κ1) is 9.83. The lowest BCUT2D eigenvalue weighted by Gasteiger charge is -2.32. The van der Waals surface area contributed by atoms with Gasteiger partial charge in [0.15, 0.2) is 5.60 Å². The van der Waals surface area contributed by atoms with Crippen LogP contribution >= 0.6 is 0 Å². The van der Waals surface area contributed by atoms with Crippen molar-refractivity contribution in [2.45, 2.75) is 37.7 Å². The predicted octanol–water partition coefficient (Wildman–Crippen LogP) is 0.270. The molecule has 0 unspecified atom stereocenters. The summed E-state index contributed by atoms with van der Waals surface area (Å²) in [5.41, 5.74) is 8.92. The molecule has 0 spiro atoms. The van der Waals surface area contributed by atoms with Gasteiger partial charge < -0.3 is 16.2 Å². The van der Waals surface area contributed by atoms with Crippen molar-refractivity contribution in [3.8, 4) is 0 Å². The molecule has 0 saturated heterocycles. The maximum atomic E-state index is 11.1. The number of hydrogen-bond acceptors (Lipinski definition) is 3. The van der Waals surface area contributed by atoms with E-state index in [1.807, 2.05) is 0 Å². The third-order valence-corrected chi connectivity index (χ3v) is 2.41. The highest BCUT2D eigenvalue weighted by Gasteiger charge is 2.41. The van der Waals surface area contributed by atoms with Gasteiger partial charge in [0.05, 0.1) is 0 Å². The number of amides is 2. The van der Waals surface area contributed by atoms with Gasteiger partial charge in [0.2, 0.25) is 0 Å². The molecular weight excluding hydrogens is 172 g/mol. The van der Waals surface area contributed by atoms with Crippen LogP contribution in [0.25, 0.3) is 0 Å². The van der Waals surface area contributed by atoms with Crippen molar-refractivity contribution < 1.29 is 14.3 Å². The number of nitrogens with two attached hydrogens (primary N) is 2. The highest BCUT2D eigenvalue weighted by atomic mass is 16.6. The summed E-state index contributed by atoms with van der Waals surface area (Å²) in [4.78, 5) is 21.7. The average Bonchev–Trinajstić information content (AvgIpc) is 2.04. The zero-order chi connectivity index (χ0) is 9.90. The number of rotatable bonds is 2. The molecule has 1 aliphatic carbocycles. The first-order chi connectivity index (χ1) is 6.07. The monoisotopic (exact) mass is 186 g/mol. The molecule has 1 fully saturated rings. The second kappa shape index (κ2) is 3.64. The summed E-state index contributed by atoms with van der Waals surface area (Å²) in [6, 6.07) is 0. The van der Waals surface area contributed by atoms with Gasteiger partial charge in [-0.2, -0.15) is 0 Å². The van der Waals surface area contributed by atoms with E-state index >= 15 is 0 Å². The van der Waals surface area contributed by atoms with Crippen molar-refractivity contribution in [2.75, 3.05) is 0 Å². The van der Waals surface area contributed by atoms with Crippen molar-refractivity contribution in [3.05, 3.63) is 0 Å². The van der Waals surface area contributed by atoms with Gasteiger partial charge >= 0.3 is 6.09 Å². The Morgan fingerprint density at radius 2 is 1.62 bits per heavy atom. The number of ether oxygens (including phenoxy) is 1. The Hall–Kier alpha value is -1.26. The maximum absolute atomic E-state index is 11.1. The van der Waals surface area contributed by atoms with Crippen LogP contribution in [0.4, 0.5) is 4.79 Å². The Labute approximate surface area is 76.4 Å². The Balaban J connectivity index is 2.73. The van der Waals surface area contributed by atoms with Gasteiger partial charge in [-0.25, -0.2) is 4.79 Å². The molecule has 0 aromatic rings. The summed E-state index contributed by atoms with van der Waals surface area (Å²) in [6.07, 6.45) is 2.78. The molecule has 0 aromatic heterocycles. The van der Waals surface area contributed by atoms with Gasteiger partial charge in [-0.15, -0.1) is 0 Å². The van der Waals surface area contributed by atoms with Crippen LogP contribution in [0.5, 0.6) is 0 Å². The molecule has 1 saturated carbocycles. The predicted molar refractivity (Wildman–Crippen MR) is 45.7 cm³/mol. The molecule has 13 heavy (non-hydrogen) atoms. The lowest BCUT2D eigenvalue weighted by atomic mass is 9.84. The minimum absolute atomic E-state index is 0.491. The minimum atomic E-state index is -1.13. The van der Waals surface area contributed by atoms with E-state index in [1.54, 1.807) is 0 Å². The highest BCUT2D eigenvalue weighted by molar-refractivity contribution is 5.86. The SMILES string of the molecule is NC(=O)OC1(C(N)=O)CCCCC1. The number of carbonyl (C=O) groups is 2. The Morgan fingerprint density at radius 1 is 1.08 bits per heavy atom. The largest absolute Gasteiger partial charge is 0.433 e. The first-order valence-corrected chi connectivity index (χ1v) is 4.35. The zero-order valence-electron chi connectivity index (χ0n) is 7.41. The Kier molecular flexibility index (Phi) is 2.75. The summed E-state index contributed by atoms with van der Waals surface area (Å²) in [5.74, 6) is -0.592. The van der Waals surface area contributed by atoms with Crippen molar-refractivity contribution >= 4 is 12.0 Å². The molecule has 0 aromatic carbocycles. The Bertz CT molecular complexity index is 221. The molecule has 74 valence electrons. The van der Waals surface area contributed by atoms with E-state index < -0.39 is 17.6 Å². The molecule has 1 aliphatic rings. The summed E-state index contributed by atoms with van der Waals surface area (Å²) < 4.78 is 4.80. The minimum Gasteiger partial charge on any atom is -0.433 e. The average molecular weight is 186 g/mol. The summed E-state index contributed by atoms with van der Waals surface area (Å²) in [7, 11) is 0. The fourth-order valence-corrected chi connectivity index (χ4v) is 1.71. The molecular formula is C8H14N2O3.